The van der Waals surface area contributed by atoms with Crippen molar-refractivity contribution in [1.82, 2.24) is 4.98 Å². The van der Waals surface area contributed by atoms with Gasteiger partial charge in [-0.2, -0.15) is 0 Å². The van der Waals surface area contributed by atoms with Crippen molar-refractivity contribution in [3.63, 3.8) is 0 Å². The molecular formula is C17H20N2O5S. The molecule has 2 N–H and O–H groups in total. The van der Waals surface area contributed by atoms with Crippen LogP contribution in [-0.2, 0) is 16.0 Å². The Kier molecular flexibility index (Phi) is 6.76. The van der Waals surface area contributed by atoms with Crippen LogP contribution in [0.25, 0.3) is 0 Å². The third kappa shape index (κ3) is 6.07. The number of hydrogen-bond acceptors (Lipinski definition) is 6. The fourth-order valence-electron chi connectivity index (χ4n) is 2.04. The molecular weight excluding hydrogens is 344 g/mol. The minimum atomic E-state index is -0.859. The highest BCUT2D eigenvalue weighted by Crippen LogP contribution is 2.24. The average molecular weight is 364 g/mol. The number of nitrogens with one attached hydrogen (secondary N) is 1. The standard InChI is InChI=1S/C17H20N2O5S/c1-3-23-12-4-6-13(7-5-12)24-10-15(20)19-17-18-11(2)14(25-17)8-9-16(21)22/h4-7H,3,8-10H2,1-2H3,(H,21,22)(H,18,19,20). The first-order chi connectivity index (χ1) is 12.0. The van der Waals surface area contributed by atoms with Crippen LogP contribution in [0.3, 0.4) is 0 Å². The fraction of sp³-hybridized carbons (Fsp3) is 0.353. The van der Waals surface area contributed by atoms with E-state index in [2.05, 4.69) is 10.3 Å². The van der Waals surface area contributed by atoms with Crippen molar-refractivity contribution in [2.45, 2.75) is 26.7 Å². The van der Waals surface area contributed by atoms with E-state index in [9.17, 15) is 9.59 Å². The van der Waals surface area contributed by atoms with Crippen LogP contribution in [0.5, 0.6) is 11.5 Å². The van der Waals surface area contributed by atoms with Crippen LogP contribution in [0.2, 0.25) is 0 Å². The SMILES string of the molecule is CCOc1ccc(OCC(=O)Nc2nc(C)c(CCC(=O)O)s2)cc1. The van der Waals surface area contributed by atoms with Crippen molar-refractivity contribution in [2.75, 3.05) is 18.5 Å². The number of thiazole rings is 1. The summed E-state index contributed by atoms with van der Waals surface area (Å²) in [6.07, 6.45) is 0.439. The first-order valence-corrected chi connectivity index (χ1v) is 8.63. The first-order valence-electron chi connectivity index (χ1n) is 7.81. The van der Waals surface area contributed by atoms with E-state index in [0.29, 0.717) is 23.9 Å². The molecule has 1 heterocycles. The van der Waals surface area contributed by atoms with Crippen molar-refractivity contribution in [2.24, 2.45) is 0 Å². The number of ether oxygens (including phenoxy) is 2. The lowest BCUT2D eigenvalue weighted by molar-refractivity contribution is -0.137. The van der Waals surface area contributed by atoms with Gasteiger partial charge in [0.2, 0.25) is 0 Å². The molecule has 1 aromatic heterocycles. The maximum atomic E-state index is 12.0. The molecule has 1 amide bonds. The molecule has 0 unspecified atom stereocenters. The van der Waals surface area contributed by atoms with E-state index in [1.165, 1.54) is 11.3 Å². The zero-order chi connectivity index (χ0) is 18.2. The minimum absolute atomic E-state index is 0.0390. The normalized spacial score (nSPS) is 10.3. The van der Waals surface area contributed by atoms with Crippen LogP contribution in [0.4, 0.5) is 5.13 Å². The summed E-state index contributed by atoms with van der Waals surface area (Å²) >= 11 is 1.28. The number of carboxylic acids is 1. The molecule has 2 aromatic rings. The maximum absolute atomic E-state index is 12.0. The Morgan fingerprint density at radius 1 is 1.20 bits per heavy atom. The second-order valence-corrected chi connectivity index (χ2v) is 6.25. The van der Waals surface area contributed by atoms with Crippen LogP contribution in [-0.4, -0.2) is 35.2 Å². The van der Waals surface area contributed by atoms with Gasteiger partial charge in [-0.1, -0.05) is 0 Å². The lowest BCUT2D eigenvalue weighted by Gasteiger charge is -2.07. The summed E-state index contributed by atoms with van der Waals surface area (Å²) in [7, 11) is 0. The van der Waals surface area contributed by atoms with Crippen molar-refractivity contribution in [3.05, 3.63) is 34.8 Å². The van der Waals surface area contributed by atoms with Gasteiger partial charge >= 0.3 is 5.97 Å². The number of carbonyl (C=O) groups excluding carboxylic acids is 1. The Hall–Kier alpha value is -2.61. The summed E-state index contributed by atoms with van der Waals surface area (Å²) in [5.74, 6) is 0.122. The largest absolute Gasteiger partial charge is 0.494 e. The summed E-state index contributed by atoms with van der Waals surface area (Å²) < 4.78 is 10.8. The van der Waals surface area contributed by atoms with Crippen molar-refractivity contribution in [1.29, 1.82) is 0 Å². The van der Waals surface area contributed by atoms with Crippen molar-refractivity contribution >= 4 is 28.3 Å². The zero-order valence-corrected chi connectivity index (χ0v) is 14.9. The van der Waals surface area contributed by atoms with Crippen LogP contribution in [0.1, 0.15) is 23.9 Å². The second kappa shape index (κ2) is 9.03. The Bertz CT molecular complexity index is 727. The number of nitrogens with zero attached hydrogens (tertiary/aromatic N) is 1. The second-order valence-electron chi connectivity index (χ2n) is 5.16. The molecule has 0 radical (unpaired) electrons. The molecule has 0 bridgehead atoms. The van der Waals surface area contributed by atoms with Crippen LogP contribution < -0.4 is 14.8 Å². The predicted octanol–water partition coefficient (Wildman–Crippen LogP) is 2.88. The number of carbonyl (C=O) groups is 2. The molecule has 134 valence electrons. The molecule has 0 saturated carbocycles. The van der Waals surface area contributed by atoms with Crippen molar-refractivity contribution in [3.8, 4) is 11.5 Å². The Labute approximate surface area is 149 Å². The predicted molar refractivity (Wildman–Crippen MR) is 94.5 cm³/mol. The van der Waals surface area contributed by atoms with Crippen molar-refractivity contribution < 1.29 is 24.2 Å². The molecule has 7 nitrogen and oxygen atoms in total. The van der Waals surface area contributed by atoms with E-state index in [1.54, 1.807) is 31.2 Å². The van der Waals surface area contributed by atoms with E-state index in [4.69, 9.17) is 14.6 Å². The van der Waals surface area contributed by atoms with Gasteiger partial charge < -0.3 is 14.6 Å². The van der Waals surface area contributed by atoms with E-state index >= 15 is 0 Å². The number of aliphatic carboxylic acids is 1. The number of rotatable bonds is 9. The van der Waals surface area contributed by atoms with Gasteiger partial charge in [0.15, 0.2) is 11.7 Å². The Morgan fingerprint density at radius 2 is 1.84 bits per heavy atom. The molecule has 0 aliphatic carbocycles. The molecule has 0 fully saturated rings. The van der Waals surface area contributed by atoms with E-state index in [1.807, 2.05) is 6.92 Å². The van der Waals surface area contributed by atoms with Gasteiger partial charge in [0, 0.05) is 4.88 Å². The maximum Gasteiger partial charge on any atom is 0.303 e. The highest BCUT2D eigenvalue weighted by atomic mass is 32.1. The lowest BCUT2D eigenvalue weighted by atomic mass is 10.2. The molecule has 0 aliphatic rings. The summed E-state index contributed by atoms with van der Waals surface area (Å²) in [6, 6.07) is 7.01. The van der Waals surface area contributed by atoms with Gasteiger partial charge in [0.1, 0.15) is 11.5 Å². The quantitative estimate of drug-likeness (QED) is 0.710. The van der Waals surface area contributed by atoms with Crippen LogP contribution in [0.15, 0.2) is 24.3 Å². The number of benzene rings is 1. The highest BCUT2D eigenvalue weighted by molar-refractivity contribution is 7.15. The number of carboxylic acid groups (broad SMARTS) is 1. The van der Waals surface area contributed by atoms with Crippen LogP contribution in [0, 0.1) is 6.92 Å². The third-order valence-corrected chi connectivity index (χ3v) is 4.34. The minimum Gasteiger partial charge on any atom is -0.494 e. The molecule has 0 atom stereocenters. The molecule has 8 heteroatoms. The number of amides is 1. The van der Waals surface area contributed by atoms with Gasteiger partial charge in [-0.25, -0.2) is 4.98 Å². The monoisotopic (exact) mass is 364 g/mol. The summed E-state index contributed by atoms with van der Waals surface area (Å²) in [4.78, 5) is 27.7. The fourth-order valence-corrected chi connectivity index (χ4v) is 3.02. The average Bonchev–Trinajstić information content (AvgIpc) is 2.92. The smallest absolute Gasteiger partial charge is 0.303 e. The van der Waals surface area contributed by atoms with Gasteiger partial charge in [0.05, 0.1) is 18.7 Å². The number of anilines is 1. The molecule has 2 rings (SSSR count). The molecule has 0 spiro atoms. The molecule has 25 heavy (non-hydrogen) atoms. The summed E-state index contributed by atoms with van der Waals surface area (Å²) in [6.45, 7) is 4.14. The zero-order valence-electron chi connectivity index (χ0n) is 14.1. The lowest BCUT2D eigenvalue weighted by Crippen LogP contribution is -2.20. The van der Waals surface area contributed by atoms with E-state index < -0.39 is 5.97 Å². The first kappa shape index (κ1) is 18.7. The van der Waals surface area contributed by atoms with E-state index in [-0.39, 0.29) is 18.9 Å². The highest BCUT2D eigenvalue weighted by Gasteiger charge is 2.12. The van der Waals surface area contributed by atoms with Gasteiger partial charge in [0.25, 0.3) is 5.91 Å². The Balaban J connectivity index is 1.83. The Morgan fingerprint density at radius 3 is 2.44 bits per heavy atom. The third-order valence-electron chi connectivity index (χ3n) is 3.21. The molecule has 0 saturated heterocycles. The van der Waals surface area contributed by atoms with Gasteiger partial charge in [-0.3, -0.25) is 14.9 Å². The molecule has 0 aliphatic heterocycles. The van der Waals surface area contributed by atoms with Gasteiger partial charge in [-0.05, 0) is 44.5 Å². The van der Waals surface area contributed by atoms with E-state index in [0.717, 1.165) is 16.3 Å². The number of aryl methyl sites for hydroxylation is 2. The summed E-state index contributed by atoms with van der Waals surface area (Å²) in [5, 5.41) is 11.8. The number of aromatic nitrogens is 1. The summed E-state index contributed by atoms with van der Waals surface area (Å²) in [5.41, 5.74) is 0.731. The van der Waals surface area contributed by atoms with Gasteiger partial charge in [-0.15, -0.1) is 11.3 Å². The van der Waals surface area contributed by atoms with Crippen LogP contribution >= 0.6 is 11.3 Å². The molecule has 1 aromatic carbocycles. The topological polar surface area (TPSA) is 97.8 Å². The number of hydrogen-bond donors (Lipinski definition) is 2.